The summed E-state index contributed by atoms with van der Waals surface area (Å²) in [6.07, 6.45) is 2.41. The Morgan fingerprint density at radius 1 is 1.04 bits per heavy atom. The van der Waals surface area contributed by atoms with Gasteiger partial charge in [-0.3, -0.25) is 4.90 Å². The Kier molecular flexibility index (Phi) is 6.81. The van der Waals surface area contributed by atoms with E-state index in [0.29, 0.717) is 4.90 Å². The molecule has 0 saturated heterocycles. The summed E-state index contributed by atoms with van der Waals surface area (Å²) < 4.78 is 25.5. The minimum atomic E-state index is -3.30. The SMILES string of the molecule is CCC[SiH2]CCCN(C)CS(=O)(=O)c1cccc2ccccc12. The first-order valence-corrected chi connectivity index (χ1v) is 12.1. The fourth-order valence-corrected chi connectivity index (χ4v) is 5.96. The predicted octanol–water partition coefficient (Wildman–Crippen LogP) is 3.31. The normalized spacial score (nSPS) is 12.7. The van der Waals surface area contributed by atoms with Crippen LogP contribution in [-0.4, -0.2) is 42.3 Å². The minimum Gasteiger partial charge on any atom is -0.293 e. The number of hydrogen-bond acceptors (Lipinski definition) is 3. The van der Waals surface area contributed by atoms with Crippen LogP contribution in [0.25, 0.3) is 10.8 Å². The van der Waals surface area contributed by atoms with Gasteiger partial charge in [0.2, 0.25) is 0 Å². The van der Waals surface area contributed by atoms with Gasteiger partial charge in [0.1, 0.15) is 5.88 Å². The van der Waals surface area contributed by atoms with Crippen molar-refractivity contribution in [2.45, 2.75) is 36.7 Å². The number of rotatable bonds is 9. The van der Waals surface area contributed by atoms with E-state index in [1.807, 2.05) is 48.3 Å². The van der Waals surface area contributed by atoms with Gasteiger partial charge >= 0.3 is 0 Å². The standard InChI is InChI=1S/C18H27NO2SSi/c1-3-13-23-14-7-12-19(2)15-22(20,21)18-11-6-9-16-8-4-5-10-17(16)18/h4-6,8-11H,3,7,12-15,23H2,1-2H3. The van der Waals surface area contributed by atoms with E-state index in [1.54, 1.807) is 6.07 Å². The zero-order valence-electron chi connectivity index (χ0n) is 14.2. The van der Waals surface area contributed by atoms with Crippen molar-refractivity contribution in [2.24, 2.45) is 0 Å². The first-order valence-electron chi connectivity index (χ1n) is 8.43. The molecule has 0 fully saturated rings. The van der Waals surface area contributed by atoms with Gasteiger partial charge in [-0.25, -0.2) is 8.42 Å². The molecule has 0 unspecified atom stereocenters. The molecule has 2 aromatic carbocycles. The number of benzene rings is 2. The van der Waals surface area contributed by atoms with E-state index in [9.17, 15) is 8.42 Å². The fourth-order valence-electron chi connectivity index (χ4n) is 2.88. The van der Waals surface area contributed by atoms with Crippen molar-refractivity contribution in [2.75, 3.05) is 19.5 Å². The van der Waals surface area contributed by atoms with Crippen molar-refractivity contribution >= 4 is 30.1 Å². The van der Waals surface area contributed by atoms with Crippen LogP contribution in [0.1, 0.15) is 19.8 Å². The third-order valence-corrected chi connectivity index (χ3v) is 8.13. The van der Waals surface area contributed by atoms with Crippen molar-refractivity contribution in [1.82, 2.24) is 4.90 Å². The van der Waals surface area contributed by atoms with Crippen LogP contribution < -0.4 is 0 Å². The van der Waals surface area contributed by atoms with Gasteiger partial charge in [-0.2, -0.15) is 0 Å². The quantitative estimate of drug-likeness (QED) is 0.515. The highest BCUT2D eigenvalue weighted by Gasteiger charge is 2.19. The highest BCUT2D eigenvalue weighted by atomic mass is 32.2. The molecule has 0 heterocycles. The van der Waals surface area contributed by atoms with E-state index in [2.05, 4.69) is 6.92 Å². The Bertz CT molecular complexity index is 725. The van der Waals surface area contributed by atoms with Gasteiger partial charge in [0.15, 0.2) is 9.84 Å². The van der Waals surface area contributed by atoms with Crippen molar-refractivity contribution in [1.29, 1.82) is 0 Å². The van der Waals surface area contributed by atoms with Crippen molar-refractivity contribution < 1.29 is 8.42 Å². The highest BCUT2D eigenvalue weighted by molar-refractivity contribution is 7.91. The molecular formula is C18H27NO2SSi. The minimum absolute atomic E-state index is 0.0718. The first-order chi connectivity index (χ1) is 11.0. The molecule has 0 amide bonds. The second kappa shape index (κ2) is 8.62. The molecule has 0 radical (unpaired) electrons. The molecule has 5 heteroatoms. The average molecular weight is 350 g/mol. The summed E-state index contributed by atoms with van der Waals surface area (Å²) in [5.41, 5.74) is 0. The van der Waals surface area contributed by atoms with Crippen LogP contribution in [0, 0.1) is 0 Å². The van der Waals surface area contributed by atoms with E-state index in [-0.39, 0.29) is 15.4 Å². The van der Waals surface area contributed by atoms with Crippen molar-refractivity contribution in [3.8, 4) is 0 Å². The maximum Gasteiger partial charge on any atom is 0.192 e. The van der Waals surface area contributed by atoms with E-state index < -0.39 is 9.84 Å². The number of sulfone groups is 1. The molecule has 3 nitrogen and oxygen atoms in total. The van der Waals surface area contributed by atoms with Crippen LogP contribution in [0.5, 0.6) is 0 Å². The van der Waals surface area contributed by atoms with E-state index in [1.165, 1.54) is 18.5 Å². The number of hydrogen-bond donors (Lipinski definition) is 0. The van der Waals surface area contributed by atoms with Gasteiger partial charge in [0, 0.05) is 14.9 Å². The first kappa shape index (κ1) is 18.2. The maximum atomic E-state index is 12.8. The summed E-state index contributed by atoms with van der Waals surface area (Å²) in [4.78, 5) is 2.39. The third-order valence-electron chi connectivity index (χ3n) is 4.12. The zero-order valence-corrected chi connectivity index (χ0v) is 16.4. The Morgan fingerprint density at radius 3 is 2.57 bits per heavy atom. The molecule has 126 valence electrons. The van der Waals surface area contributed by atoms with Gasteiger partial charge in [-0.15, -0.1) is 0 Å². The summed E-state index contributed by atoms with van der Waals surface area (Å²) in [7, 11) is -1.32. The van der Waals surface area contributed by atoms with E-state index in [0.717, 1.165) is 23.7 Å². The van der Waals surface area contributed by atoms with Crippen molar-refractivity contribution in [3.63, 3.8) is 0 Å². The van der Waals surface area contributed by atoms with Gasteiger partial charge in [-0.1, -0.05) is 61.8 Å². The smallest absolute Gasteiger partial charge is 0.192 e. The summed E-state index contributed by atoms with van der Waals surface area (Å²) in [6, 6.07) is 15.9. The van der Waals surface area contributed by atoms with Crippen LogP contribution in [0.3, 0.4) is 0 Å². The molecule has 23 heavy (non-hydrogen) atoms. The van der Waals surface area contributed by atoms with Gasteiger partial charge in [-0.05, 0) is 31.5 Å². The van der Waals surface area contributed by atoms with Gasteiger partial charge in [0.25, 0.3) is 0 Å². The Labute approximate surface area is 142 Å². The average Bonchev–Trinajstić information content (AvgIpc) is 2.53. The topological polar surface area (TPSA) is 37.4 Å². The number of fused-ring (bicyclic) bond motifs is 1. The van der Waals surface area contributed by atoms with Crippen LogP contribution in [0.2, 0.25) is 12.1 Å². The summed E-state index contributed by atoms with van der Waals surface area (Å²) in [5, 5.41) is 1.79. The summed E-state index contributed by atoms with van der Waals surface area (Å²) in [5.74, 6) is 0.0936. The second-order valence-electron chi connectivity index (χ2n) is 6.22. The van der Waals surface area contributed by atoms with E-state index in [4.69, 9.17) is 0 Å². The highest BCUT2D eigenvalue weighted by Crippen LogP contribution is 2.24. The maximum absolute atomic E-state index is 12.8. The number of nitrogens with zero attached hydrogens (tertiary/aromatic N) is 1. The van der Waals surface area contributed by atoms with E-state index >= 15 is 0 Å². The monoisotopic (exact) mass is 349 g/mol. The molecular weight excluding hydrogens is 322 g/mol. The van der Waals surface area contributed by atoms with Crippen LogP contribution in [0.4, 0.5) is 0 Å². The lowest BCUT2D eigenvalue weighted by atomic mass is 10.1. The predicted molar refractivity (Wildman–Crippen MR) is 102 cm³/mol. The lowest BCUT2D eigenvalue weighted by Crippen LogP contribution is -2.27. The molecule has 0 aliphatic carbocycles. The zero-order chi connectivity index (χ0) is 16.7. The third kappa shape index (κ3) is 5.16. The van der Waals surface area contributed by atoms with Crippen LogP contribution in [0.15, 0.2) is 47.4 Å². The largest absolute Gasteiger partial charge is 0.293 e. The molecule has 0 saturated carbocycles. The molecule has 2 rings (SSSR count). The Balaban J connectivity index is 2.03. The fraction of sp³-hybridized carbons (Fsp3) is 0.444. The Hall–Kier alpha value is -1.17. The van der Waals surface area contributed by atoms with Crippen LogP contribution >= 0.6 is 0 Å². The molecule has 0 aromatic heterocycles. The Morgan fingerprint density at radius 2 is 1.78 bits per heavy atom. The van der Waals surface area contributed by atoms with Gasteiger partial charge < -0.3 is 0 Å². The van der Waals surface area contributed by atoms with Gasteiger partial charge in [0.05, 0.1) is 4.90 Å². The van der Waals surface area contributed by atoms with Crippen LogP contribution in [-0.2, 0) is 9.84 Å². The molecule has 0 aliphatic rings. The molecule has 0 atom stereocenters. The lowest BCUT2D eigenvalue weighted by Gasteiger charge is -2.17. The molecule has 0 spiro atoms. The molecule has 2 aromatic rings. The summed E-state index contributed by atoms with van der Waals surface area (Å²) >= 11 is 0. The molecule has 0 N–H and O–H groups in total. The summed E-state index contributed by atoms with van der Waals surface area (Å²) in [6.45, 7) is 3.09. The van der Waals surface area contributed by atoms with Crippen molar-refractivity contribution in [3.05, 3.63) is 42.5 Å². The molecule has 0 aliphatic heterocycles. The molecule has 0 bridgehead atoms. The lowest BCUT2D eigenvalue weighted by molar-refractivity contribution is 0.381. The second-order valence-corrected chi connectivity index (χ2v) is 10.3.